The van der Waals surface area contributed by atoms with Crippen LogP contribution < -0.4 is 11.1 Å². The van der Waals surface area contributed by atoms with Crippen LogP contribution in [0.25, 0.3) is 0 Å². The Labute approximate surface area is 152 Å². The maximum Gasteiger partial charge on any atom is 0.313 e. The van der Waals surface area contributed by atoms with Gasteiger partial charge in [0, 0.05) is 19.8 Å². The Morgan fingerprint density at radius 2 is 2.12 bits per heavy atom. The SMILES string of the molecule is Cc1cc(NC(=O)C(=O)N2C[C@H](C)CC[C@@H]2c2ccnn2C)cnc1N. The lowest BCUT2D eigenvalue weighted by atomic mass is 9.92. The molecule has 2 amide bonds. The Morgan fingerprint density at radius 1 is 1.35 bits per heavy atom. The van der Waals surface area contributed by atoms with Gasteiger partial charge in [0.25, 0.3) is 0 Å². The van der Waals surface area contributed by atoms with E-state index in [1.165, 1.54) is 6.20 Å². The van der Waals surface area contributed by atoms with Crippen LogP contribution >= 0.6 is 0 Å². The molecule has 0 aliphatic carbocycles. The molecule has 3 heterocycles. The Bertz CT molecular complexity index is 831. The molecule has 3 N–H and O–H groups in total. The summed E-state index contributed by atoms with van der Waals surface area (Å²) in [6, 6.07) is 3.44. The maximum absolute atomic E-state index is 12.9. The Hall–Kier alpha value is -2.90. The van der Waals surface area contributed by atoms with Crippen LogP contribution in [-0.2, 0) is 16.6 Å². The van der Waals surface area contributed by atoms with E-state index in [0.29, 0.717) is 24.0 Å². The third kappa shape index (κ3) is 3.54. The van der Waals surface area contributed by atoms with Crippen LogP contribution in [0.2, 0.25) is 0 Å². The van der Waals surface area contributed by atoms with E-state index in [-0.39, 0.29) is 6.04 Å². The number of hydrogen-bond acceptors (Lipinski definition) is 5. The van der Waals surface area contributed by atoms with E-state index < -0.39 is 11.8 Å². The number of likely N-dealkylation sites (tertiary alicyclic amines) is 1. The van der Waals surface area contributed by atoms with Crippen LogP contribution in [0.5, 0.6) is 0 Å². The average Bonchev–Trinajstić information content (AvgIpc) is 3.03. The van der Waals surface area contributed by atoms with Gasteiger partial charge < -0.3 is 16.0 Å². The molecule has 0 saturated carbocycles. The first-order valence-electron chi connectivity index (χ1n) is 8.68. The Kier molecular flexibility index (Phi) is 4.92. The molecule has 2 aromatic rings. The van der Waals surface area contributed by atoms with Crippen LogP contribution in [0.3, 0.4) is 0 Å². The molecule has 0 aromatic carbocycles. The molecule has 2 aromatic heterocycles. The van der Waals surface area contributed by atoms with Crippen molar-refractivity contribution in [2.24, 2.45) is 13.0 Å². The van der Waals surface area contributed by atoms with E-state index in [1.807, 2.05) is 13.1 Å². The fraction of sp³-hybridized carbons (Fsp3) is 0.444. The van der Waals surface area contributed by atoms with Crippen LogP contribution in [0.4, 0.5) is 11.5 Å². The molecule has 1 fully saturated rings. The highest BCUT2D eigenvalue weighted by Gasteiger charge is 2.35. The summed E-state index contributed by atoms with van der Waals surface area (Å²) in [5.41, 5.74) is 7.82. The number of piperidine rings is 1. The number of nitrogen functional groups attached to an aromatic ring is 1. The van der Waals surface area contributed by atoms with Crippen LogP contribution in [0.15, 0.2) is 24.5 Å². The second kappa shape index (κ2) is 7.15. The average molecular weight is 356 g/mol. The van der Waals surface area contributed by atoms with Crippen molar-refractivity contribution in [3.05, 3.63) is 35.8 Å². The summed E-state index contributed by atoms with van der Waals surface area (Å²) in [5, 5.41) is 6.82. The van der Waals surface area contributed by atoms with E-state index in [0.717, 1.165) is 24.1 Å². The van der Waals surface area contributed by atoms with Crippen molar-refractivity contribution < 1.29 is 9.59 Å². The number of hydrogen-bond donors (Lipinski definition) is 2. The predicted molar refractivity (Wildman–Crippen MR) is 98.1 cm³/mol. The lowest BCUT2D eigenvalue weighted by Gasteiger charge is -2.38. The highest BCUT2D eigenvalue weighted by molar-refractivity contribution is 6.39. The topological polar surface area (TPSA) is 106 Å². The third-order valence-corrected chi connectivity index (χ3v) is 4.85. The van der Waals surface area contributed by atoms with Crippen molar-refractivity contribution in [1.82, 2.24) is 19.7 Å². The van der Waals surface area contributed by atoms with Crippen LogP contribution in [-0.4, -0.2) is 38.0 Å². The first-order valence-corrected chi connectivity index (χ1v) is 8.68. The lowest BCUT2D eigenvalue weighted by Crippen LogP contribution is -2.47. The van der Waals surface area contributed by atoms with Gasteiger partial charge >= 0.3 is 11.8 Å². The fourth-order valence-electron chi connectivity index (χ4n) is 3.36. The van der Waals surface area contributed by atoms with E-state index in [9.17, 15) is 9.59 Å². The number of nitrogens with one attached hydrogen (secondary N) is 1. The minimum Gasteiger partial charge on any atom is -0.383 e. The molecule has 1 saturated heterocycles. The molecule has 0 radical (unpaired) electrons. The van der Waals surface area contributed by atoms with Gasteiger partial charge in [-0.2, -0.15) is 5.10 Å². The first kappa shape index (κ1) is 17.9. The molecule has 8 heteroatoms. The van der Waals surface area contributed by atoms with Gasteiger partial charge in [0.1, 0.15) is 5.82 Å². The molecule has 26 heavy (non-hydrogen) atoms. The second-order valence-corrected chi connectivity index (χ2v) is 6.92. The molecule has 0 bridgehead atoms. The predicted octanol–water partition coefficient (Wildman–Crippen LogP) is 1.64. The molecular formula is C18H24N6O2. The molecule has 2 atom stereocenters. The lowest BCUT2D eigenvalue weighted by molar-refractivity contribution is -0.146. The van der Waals surface area contributed by atoms with Crippen LogP contribution in [0, 0.1) is 12.8 Å². The van der Waals surface area contributed by atoms with Crippen molar-refractivity contribution in [2.75, 3.05) is 17.6 Å². The number of carbonyl (C=O) groups excluding carboxylic acids is 2. The van der Waals surface area contributed by atoms with Gasteiger partial charge in [0.15, 0.2) is 0 Å². The first-order chi connectivity index (χ1) is 12.4. The minimum absolute atomic E-state index is 0.150. The molecular weight excluding hydrogens is 332 g/mol. The van der Waals surface area contributed by atoms with E-state index in [2.05, 4.69) is 22.3 Å². The number of amides is 2. The van der Waals surface area contributed by atoms with Gasteiger partial charge in [-0.15, -0.1) is 0 Å². The van der Waals surface area contributed by atoms with E-state index >= 15 is 0 Å². The number of aromatic nitrogens is 3. The number of aryl methyl sites for hydroxylation is 2. The van der Waals surface area contributed by atoms with Gasteiger partial charge in [-0.3, -0.25) is 14.3 Å². The summed E-state index contributed by atoms with van der Waals surface area (Å²) in [4.78, 5) is 31.0. The largest absolute Gasteiger partial charge is 0.383 e. The molecule has 1 aliphatic rings. The summed E-state index contributed by atoms with van der Waals surface area (Å²) in [5.74, 6) is -0.471. The van der Waals surface area contributed by atoms with Gasteiger partial charge in [0.05, 0.1) is 23.6 Å². The Morgan fingerprint density at radius 3 is 2.77 bits per heavy atom. The summed E-state index contributed by atoms with van der Waals surface area (Å²) in [7, 11) is 1.85. The normalized spacial score (nSPS) is 20.0. The smallest absolute Gasteiger partial charge is 0.313 e. The number of nitrogens with two attached hydrogens (primary N) is 1. The van der Waals surface area contributed by atoms with Crippen molar-refractivity contribution in [2.45, 2.75) is 32.7 Å². The zero-order valence-corrected chi connectivity index (χ0v) is 15.3. The van der Waals surface area contributed by atoms with Gasteiger partial charge in [-0.25, -0.2) is 4.98 Å². The number of pyridine rings is 1. The van der Waals surface area contributed by atoms with Crippen molar-refractivity contribution >= 4 is 23.3 Å². The minimum atomic E-state index is -0.669. The monoisotopic (exact) mass is 356 g/mol. The van der Waals surface area contributed by atoms with Gasteiger partial charge in [-0.05, 0) is 43.4 Å². The molecule has 3 rings (SSSR count). The number of carbonyl (C=O) groups is 2. The second-order valence-electron chi connectivity index (χ2n) is 6.92. The quantitative estimate of drug-likeness (QED) is 0.796. The molecule has 0 unspecified atom stereocenters. The van der Waals surface area contributed by atoms with Crippen molar-refractivity contribution in [3.63, 3.8) is 0 Å². The van der Waals surface area contributed by atoms with Crippen LogP contribution in [0.1, 0.15) is 37.1 Å². The van der Waals surface area contributed by atoms with Gasteiger partial charge in [-0.1, -0.05) is 6.92 Å². The van der Waals surface area contributed by atoms with E-state index in [1.54, 1.807) is 28.8 Å². The summed E-state index contributed by atoms with van der Waals surface area (Å²) >= 11 is 0. The van der Waals surface area contributed by atoms with Crippen molar-refractivity contribution in [3.8, 4) is 0 Å². The fourth-order valence-corrected chi connectivity index (χ4v) is 3.36. The molecule has 8 nitrogen and oxygen atoms in total. The molecule has 138 valence electrons. The van der Waals surface area contributed by atoms with E-state index in [4.69, 9.17) is 5.73 Å². The highest BCUT2D eigenvalue weighted by Crippen LogP contribution is 2.33. The summed E-state index contributed by atoms with van der Waals surface area (Å²) in [6.07, 6.45) is 4.97. The number of nitrogens with zero attached hydrogens (tertiary/aromatic N) is 4. The zero-order valence-electron chi connectivity index (χ0n) is 15.3. The number of anilines is 2. The maximum atomic E-state index is 12.9. The summed E-state index contributed by atoms with van der Waals surface area (Å²) < 4.78 is 1.76. The molecule has 0 spiro atoms. The Balaban J connectivity index is 1.79. The zero-order chi connectivity index (χ0) is 18.8. The number of rotatable bonds is 2. The van der Waals surface area contributed by atoms with Gasteiger partial charge in [0.2, 0.25) is 0 Å². The molecule has 1 aliphatic heterocycles. The van der Waals surface area contributed by atoms with Crippen molar-refractivity contribution in [1.29, 1.82) is 0 Å². The third-order valence-electron chi connectivity index (χ3n) is 4.85. The summed E-state index contributed by atoms with van der Waals surface area (Å²) in [6.45, 7) is 4.43. The standard InChI is InChI=1S/C18H24N6O2/c1-11-4-5-15(14-6-7-21-23(14)3)24(10-11)18(26)17(25)22-13-8-12(2)16(19)20-9-13/h6-9,11,15H,4-5,10H2,1-3H3,(H2,19,20)(H,22,25)/t11-,15-/m1/s1. The highest BCUT2D eigenvalue weighted by atomic mass is 16.2.